The van der Waals surface area contributed by atoms with Gasteiger partial charge >= 0.3 is 0 Å². The molecule has 0 unspecified atom stereocenters. The van der Waals surface area contributed by atoms with E-state index in [4.69, 9.17) is 0 Å². The summed E-state index contributed by atoms with van der Waals surface area (Å²) >= 11 is 0. The number of hydrogen-bond donors (Lipinski definition) is 0. The molecule has 54 heavy (non-hydrogen) atoms. The fourth-order valence-corrected chi connectivity index (χ4v) is 8.32. The smallest absolute Gasteiger partial charge is 0.169 e. The van der Waals surface area contributed by atoms with Crippen LogP contribution in [0.2, 0.25) is 0 Å². The van der Waals surface area contributed by atoms with E-state index in [1.807, 2.05) is 0 Å². The van der Waals surface area contributed by atoms with Crippen LogP contribution in [0.1, 0.15) is 50.5 Å². The van der Waals surface area contributed by atoms with Crippen LogP contribution in [0.15, 0.2) is 140 Å². The van der Waals surface area contributed by atoms with Crippen molar-refractivity contribution >= 4 is 44.1 Å². The van der Waals surface area contributed by atoms with Gasteiger partial charge in [0.05, 0.1) is 44.1 Å². The number of para-hydroxylation sites is 4. The number of fused-ring (bicyclic) bond motifs is 4. The first-order valence-corrected chi connectivity index (χ1v) is 19.9. The summed E-state index contributed by atoms with van der Waals surface area (Å²) in [5.41, 5.74) is 14.1. The number of benzene rings is 4. The summed E-state index contributed by atoms with van der Waals surface area (Å²) in [7, 11) is 6.60. The Balaban J connectivity index is 0.842. The number of hydrogen-bond acceptors (Lipinski definition) is 0. The first-order valence-electron chi connectivity index (χ1n) is 19.9. The van der Waals surface area contributed by atoms with Crippen LogP contribution in [-0.4, -0.2) is 18.3 Å². The van der Waals surface area contributed by atoms with E-state index in [2.05, 4.69) is 189 Å². The zero-order valence-corrected chi connectivity index (χ0v) is 32.2. The van der Waals surface area contributed by atoms with Crippen LogP contribution in [0.4, 0.5) is 0 Å². The van der Waals surface area contributed by atoms with E-state index in [1.54, 1.807) is 0 Å². The monoisotopic (exact) mass is 714 g/mol. The maximum Gasteiger partial charge on any atom is 0.169 e. The molecule has 0 radical (unpaired) electrons. The Morgan fingerprint density at radius 3 is 1.39 bits per heavy atom. The number of rotatable bonds is 14. The van der Waals surface area contributed by atoms with Gasteiger partial charge in [0.2, 0.25) is 0 Å². The summed E-state index contributed by atoms with van der Waals surface area (Å²) in [6.07, 6.45) is 18.7. The largest absolute Gasteiger partial charge is 0.341 e. The number of aromatic nitrogens is 6. The summed E-state index contributed by atoms with van der Waals surface area (Å²) in [6, 6.07) is 42.1. The minimum atomic E-state index is 1.02. The van der Waals surface area contributed by atoms with Crippen LogP contribution < -0.4 is 9.13 Å². The van der Waals surface area contributed by atoms with Crippen molar-refractivity contribution in [3.05, 3.63) is 146 Å². The van der Waals surface area contributed by atoms with Crippen LogP contribution in [0.5, 0.6) is 0 Å². The molecule has 0 aliphatic rings. The molecule has 0 aliphatic carbocycles. The molecule has 6 heteroatoms. The molecule has 4 aromatic carbocycles. The van der Waals surface area contributed by atoms with Gasteiger partial charge in [-0.2, -0.15) is 0 Å². The summed E-state index contributed by atoms with van der Waals surface area (Å²) in [4.78, 5) is 0. The van der Waals surface area contributed by atoms with Gasteiger partial charge in [-0.05, 0) is 72.4 Å². The summed E-state index contributed by atoms with van der Waals surface area (Å²) in [5, 5.41) is 0. The number of unbranched alkanes of at least 4 members (excludes halogenated alkanes) is 5. The first-order chi connectivity index (χ1) is 26.5. The number of pyridine rings is 2. The van der Waals surface area contributed by atoms with E-state index in [0.717, 1.165) is 32.5 Å². The van der Waals surface area contributed by atoms with Crippen molar-refractivity contribution in [1.29, 1.82) is 0 Å². The van der Waals surface area contributed by atoms with Gasteiger partial charge in [0, 0.05) is 64.8 Å². The molecular formula is C48H54N6+2. The average molecular weight is 715 g/mol. The van der Waals surface area contributed by atoms with Crippen molar-refractivity contribution in [2.75, 3.05) is 0 Å². The highest BCUT2D eigenvalue weighted by Gasteiger charge is 2.14. The average Bonchev–Trinajstić information content (AvgIpc) is 3.22. The van der Waals surface area contributed by atoms with Gasteiger partial charge in [-0.1, -0.05) is 73.9 Å². The maximum absolute atomic E-state index is 2.57. The van der Waals surface area contributed by atoms with Crippen molar-refractivity contribution in [2.24, 2.45) is 21.1 Å². The van der Waals surface area contributed by atoms with E-state index in [-0.39, 0.29) is 0 Å². The molecule has 0 fully saturated rings. The SMILES string of the molecule is Cn1c2ccccc2n(C)c2cc3c(cc21)n(C)c1ccccc1n3CCCCCCCC[n+]1ccc(-c2cc[n+](CCCc3ccccc3)cc2)cc1. The van der Waals surface area contributed by atoms with Crippen molar-refractivity contribution < 1.29 is 9.13 Å². The molecule has 0 spiro atoms. The molecule has 4 aromatic heterocycles. The fraction of sp³-hybridized carbons (Fsp3) is 0.292. The Hall–Kier alpha value is -5.62. The second-order valence-corrected chi connectivity index (χ2v) is 15.0. The Bertz CT molecular complexity index is 2540. The van der Waals surface area contributed by atoms with Gasteiger partial charge in [0.25, 0.3) is 0 Å². The third-order valence-corrected chi connectivity index (χ3v) is 11.5. The molecule has 0 amide bonds. The van der Waals surface area contributed by atoms with Gasteiger partial charge < -0.3 is 18.3 Å². The summed E-state index contributed by atoms with van der Waals surface area (Å²) < 4.78 is 14.3. The Labute approximate surface area is 319 Å². The van der Waals surface area contributed by atoms with E-state index < -0.39 is 0 Å². The molecule has 0 saturated heterocycles. The van der Waals surface area contributed by atoms with Gasteiger partial charge in [-0.25, -0.2) is 9.13 Å². The van der Waals surface area contributed by atoms with Crippen LogP contribution in [0, 0.1) is 0 Å². The molecule has 0 saturated carbocycles. The van der Waals surface area contributed by atoms with Crippen molar-refractivity contribution in [3.63, 3.8) is 0 Å². The van der Waals surface area contributed by atoms with Crippen LogP contribution >= 0.6 is 0 Å². The van der Waals surface area contributed by atoms with E-state index in [0.29, 0.717) is 0 Å². The predicted octanol–water partition coefficient (Wildman–Crippen LogP) is 10.2. The molecule has 6 nitrogen and oxygen atoms in total. The predicted molar refractivity (Wildman–Crippen MR) is 224 cm³/mol. The molecule has 0 atom stereocenters. The normalized spacial score (nSPS) is 11.7. The van der Waals surface area contributed by atoms with Crippen LogP contribution in [0.25, 0.3) is 55.3 Å². The summed E-state index contributed by atoms with van der Waals surface area (Å²) in [5.74, 6) is 0. The second-order valence-electron chi connectivity index (χ2n) is 15.0. The molecule has 8 aromatic rings. The Morgan fingerprint density at radius 2 is 0.815 bits per heavy atom. The highest BCUT2D eigenvalue weighted by atomic mass is 15.1. The highest BCUT2D eigenvalue weighted by Crippen LogP contribution is 2.30. The molecule has 8 rings (SSSR count). The zero-order chi connectivity index (χ0) is 36.9. The Morgan fingerprint density at radius 1 is 0.389 bits per heavy atom. The van der Waals surface area contributed by atoms with Gasteiger partial charge in [-0.15, -0.1) is 0 Å². The topological polar surface area (TPSA) is 27.5 Å². The van der Waals surface area contributed by atoms with Gasteiger partial charge in [-0.3, -0.25) is 0 Å². The molecule has 0 N–H and O–H groups in total. The van der Waals surface area contributed by atoms with Crippen LogP contribution in [-0.2, 0) is 47.2 Å². The molecular weight excluding hydrogens is 661 g/mol. The standard InChI is InChI=1S/C48H54N6/c1-49-41-21-11-12-22-42(41)50(2)46-37-48-47(36-45(46)49)51(3)43-23-13-14-24-44(43)54(48)31-16-7-5-4-6-15-29-52-32-25-39(26-33-52)40-27-34-53(35-28-40)30-17-20-38-18-9-8-10-19-38/h8-14,18-19,21-28,32-37H,4-7,15-17,20,29-31H2,1-3H3/q+2. The lowest BCUT2D eigenvalue weighted by Crippen LogP contribution is -2.33. The molecule has 4 heterocycles. The highest BCUT2D eigenvalue weighted by molar-refractivity contribution is 5.99. The lowest BCUT2D eigenvalue weighted by atomic mass is 10.1. The van der Waals surface area contributed by atoms with E-state index >= 15 is 0 Å². The number of aryl methyl sites for hydroxylation is 7. The quantitative estimate of drug-likeness (QED) is 0.0610. The first kappa shape index (κ1) is 35.4. The minimum absolute atomic E-state index is 1.02. The maximum atomic E-state index is 2.57. The van der Waals surface area contributed by atoms with Crippen molar-refractivity contribution in [2.45, 2.75) is 71.0 Å². The van der Waals surface area contributed by atoms with Crippen molar-refractivity contribution in [1.82, 2.24) is 18.3 Å². The van der Waals surface area contributed by atoms with Crippen LogP contribution in [0.3, 0.4) is 0 Å². The lowest BCUT2D eigenvalue weighted by molar-refractivity contribution is -0.697. The lowest BCUT2D eigenvalue weighted by Gasteiger charge is -2.22. The van der Waals surface area contributed by atoms with E-state index in [9.17, 15) is 0 Å². The van der Waals surface area contributed by atoms with Gasteiger partial charge in [0.15, 0.2) is 24.8 Å². The minimum Gasteiger partial charge on any atom is -0.341 e. The fourth-order valence-electron chi connectivity index (χ4n) is 8.32. The third-order valence-electron chi connectivity index (χ3n) is 11.5. The van der Waals surface area contributed by atoms with Crippen molar-refractivity contribution in [3.8, 4) is 11.1 Å². The van der Waals surface area contributed by atoms with Gasteiger partial charge in [0.1, 0.15) is 13.1 Å². The molecule has 0 bridgehead atoms. The number of nitrogens with zero attached hydrogens (tertiary/aromatic N) is 6. The second kappa shape index (κ2) is 16.2. The van der Waals surface area contributed by atoms with E-state index in [1.165, 1.54) is 99.3 Å². The summed E-state index contributed by atoms with van der Waals surface area (Å²) in [6.45, 7) is 3.13. The Kier molecular flexibility index (Phi) is 10.6. The molecule has 0 aliphatic heterocycles. The third kappa shape index (κ3) is 7.43. The zero-order valence-electron chi connectivity index (χ0n) is 32.2. The molecule has 274 valence electrons.